The van der Waals surface area contributed by atoms with E-state index in [1.165, 1.54) is 12.1 Å². The molecular formula is C13H16N4O2. The molecule has 2 rings (SSSR count). The van der Waals surface area contributed by atoms with Crippen LogP contribution in [0.4, 0.5) is 11.5 Å². The lowest BCUT2D eigenvalue weighted by Gasteiger charge is -2.03. The highest BCUT2D eigenvalue weighted by atomic mass is 16.6. The fourth-order valence-corrected chi connectivity index (χ4v) is 2.07. The first-order valence-corrected chi connectivity index (χ1v) is 6.10. The fraction of sp³-hybridized carbons (Fsp3) is 0.308. The first kappa shape index (κ1) is 13.1. The Labute approximate surface area is 111 Å². The van der Waals surface area contributed by atoms with Gasteiger partial charge in [0.2, 0.25) is 0 Å². The molecule has 0 spiro atoms. The number of nitro groups is 1. The maximum atomic E-state index is 10.7. The highest BCUT2D eigenvalue weighted by Crippen LogP contribution is 2.31. The second-order valence-electron chi connectivity index (χ2n) is 4.38. The normalized spacial score (nSPS) is 10.6. The van der Waals surface area contributed by atoms with Crippen LogP contribution in [0.15, 0.2) is 24.3 Å². The molecule has 0 bridgehead atoms. The zero-order valence-electron chi connectivity index (χ0n) is 11.0. The summed E-state index contributed by atoms with van der Waals surface area (Å²) >= 11 is 0. The first-order valence-electron chi connectivity index (χ1n) is 6.10. The number of nitrogens with two attached hydrogens (primary N) is 1. The number of hydrogen-bond acceptors (Lipinski definition) is 4. The van der Waals surface area contributed by atoms with E-state index in [-0.39, 0.29) is 5.69 Å². The van der Waals surface area contributed by atoms with Crippen LogP contribution in [-0.2, 0) is 13.5 Å². The van der Waals surface area contributed by atoms with Gasteiger partial charge in [0.05, 0.1) is 10.6 Å². The van der Waals surface area contributed by atoms with Crippen molar-refractivity contribution in [1.29, 1.82) is 0 Å². The third kappa shape index (κ3) is 2.42. The first-order chi connectivity index (χ1) is 9.04. The number of hydrogen-bond donors (Lipinski definition) is 1. The second kappa shape index (κ2) is 5.09. The number of nitro benzene ring substituents is 1. The van der Waals surface area contributed by atoms with Crippen LogP contribution in [0.2, 0.25) is 0 Å². The Bertz CT molecular complexity index is 602. The summed E-state index contributed by atoms with van der Waals surface area (Å²) in [4.78, 5) is 10.2. The zero-order valence-corrected chi connectivity index (χ0v) is 11.0. The summed E-state index contributed by atoms with van der Waals surface area (Å²) in [6, 6.07) is 6.39. The van der Waals surface area contributed by atoms with Crippen molar-refractivity contribution in [2.75, 3.05) is 5.73 Å². The van der Waals surface area contributed by atoms with Gasteiger partial charge in [-0.05, 0) is 24.1 Å². The quantitative estimate of drug-likeness (QED) is 0.676. The van der Waals surface area contributed by atoms with Crippen LogP contribution in [0.5, 0.6) is 0 Å². The zero-order chi connectivity index (χ0) is 14.0. The van der Waals surface area contributed by atoms with Crippen LogP contribution in [-0.4, -0.2) is 14.7 Å². The number of nitrogens with zero attached hydrogens (tertiary/aromatic N) is 3. The van der Waals surface area contributed by atoms with E-state index in [9.17, 15) is 10.1 Å². The molecule has 1 heterocycles. The number of aromatic nitrogens is 2. The van der Waals surface area contributed by atoms with Gasteiger partial charge in [0.15, 0.2) is 0 Å². The Hall–Kier alpha value is -2.37. The molecule has 0 saturated heterocycles. The second-order valence-corrected chi connectivity index (χ2v) is 4.38. The van der Waals surface area contributed by atoms with Crippen molar-refractivity contribution in [1.82, 2.24) is 9.78 Å². The predicted molar refractivity (Wildman–Crippen MR) is 73.7 cm³/mol. The summed E-state index contributed by atoms with van der Waals surface area (Å²) in [6.07, 6.45) is 1.80. The van der Waals surface area contributed by atoms with Gasteiger partial charge >= 0.3 is 0 Å². The smallest absolute Gasteiger partial charge is 0.269 e. The lowest BCUT2D eigenvalue weighted by atomic mass is 10.0. The maximum absolute atomic E-state index is 10.7. The summed E-state index contributed by atoms with van der Waals surface area (Å²) in [5, 5.41) is 15.0. The molecule has 0 saturated carbocycles. The Morgan fingerprint density at radius 1 is 1.37 bits per heavy atom. The van der Waals surface area contributed by atoms with Crippen LogP contribution >= 0.6 is 0 Å². The molecule has 0 unspecified atom stereocenters. The third-order valence-corrected chi connectivity index (χ3v) is 3.02. The van der Waals surface area contributed by atoms with E-state index in [1.54, 1.807) is 23.9 Å². The average molecular weight is 260 g/mol. The van der Waals surface area contributed by atoms with Crippen LogP contribution in [0, 0.1) is 10.1 Å². The molecular weight excluding hydrogens is 244 g/mol. The van der Waals surface area contributed by atoms with Crippen molar-refractivity contribution in [3.8, 4) is 11.1 Å². The SMILES string of the molecule is CCCc1nn(C)c(N)c1-c1ccc([N+](=O)[O-])cc1. The molecule has 6 nitrogen and oxygen atoms in total. The van der Waals surface area contributed by atoms with Gasteiger partial charge in [-0.3, -0.25) is 14.8 Å². The number of aryl methyl sites for hydroxylation is 2. The van der Waals surface area contributed by atoms with Gasteiger partial charge in [0.25, 0.3) is 5.69 Å². The summed E-state index contributed by atoms with van der Waals surface area (Å²) < 4.78 is 1.64. The van der Waals surface area contributed by atoms with Crippen LogP contribution in [0.3, 0.4) is 0 Å². The molecule has 2 aromatic rings. The molecule has 2 N–H and O–H groups in total. The monoisotopic (exact) mass is 260 g/mol. The van der Waals surface area contributed by atoms with E-state index < -0.39 is 4.92 Å². The Balaban J connectivity index is 2.48. The van der Waals surface area contributed by atoms with Gasteiger partial charge in [0.1, 0.15) is 5.82 Å². The van der Waals surface area contributed by atoms with Crippen molar-refractivity contribution in [2.45, 2.75) is 19.8 Å². The molecule has 6 heteroatoms. The van der Waals surface area contributed by atoms with E-state index in [0.29, 0.717) is 5.82 Å². The summed E-state index contributed by atoms with van der Waals surface area (Å²) in [5.41, 5.74) is 8.76. The number of rotatable bonds is 4. The van der Waals surface area contributed by atoms with Crippen LogP contribution < -0.4 is 5.73 Å². The lowest BCUT2D eigenvalue weighted by Crippen LogP contribution is -1.98. The average Bonchev–Trinajstić information content (AvgIpc) is 2.66. The summed E-state index contributed by atoms with van der Waals surface area (Å²) in [7, 11) is 1.80. The molecule has 0 amide bonds. The van der Waals surface area contributed by atoms with Crippen molar-refractivity contribution in [3.63, 3.8) is 0 Å². The number of nitrogen functional groups attached to an aromatic ring is 1. The molecule has 1 aromatic heterocycles. The topological polar surface area (TPSA) is 87.0 Å². The van der Waals surface area contributed by atoms with E-state index in [4.69, 9.17) is 5.73 Å². The van der Waals surface area contributed by atoms with Crippen molar-refractivity contribution in [3.05, 3.63) is 40.1 Å². The Morgan fingerprint density at radius 2 is 2.00 bits per heavy atom. The minimum absolute atomic E-state index is 0.0725. The number of non-ortho nitro benzene ring substituents is 1. The van der Waals surface area contributed by atoms with Gasteiger partial charge < -0.3 is 5.73 Å². The molecule has 100 valence electrons. The molecule has 0 fully saturated rings. The fourth-order valence-electron chi connectivity index (χ4n) is 2.07. The van der Waals surface area contributed by atoms with E-state index in [2.05, 4.69) is 12.0 Å². The lowest BCUT2D eigenvalue weighted by molar-refractivity contribution is -0.384. The van der Waals surface area contributed by atoms with Crippen molar-refractivity contribution >= 4 is 11.5 Å². The molecule has 0 radical (unpaired) electrons. The minimum Gasteiger partial charge on any atom is -0.383 e. The molecule has 0 atom stereocenters. The maximum Gasteiger partial charge on any atom is 0.269 e. The van der Waals surface area contributed by atoms with Crippen molar-refractivity contribution in [2.24, 2.45) is 7.05 Å². The molecule has 19 heavy (non-hydrogen) atoms. The standard InChI is InChI=1S/C13H16N4O2/c1-3-4-11-12(13(14)16(2)15-11)9-5-7-10(8-6-9)17(18)19/h5-8H,3-4,14H2,1-2H3. The van der Waals surface area contributed by atoms with Crippen molar-refractivity contribution < 1.29 is 4.92 Å². The van der Waals surface area contributed by atoms with Crippen LogP contribution in [0.25, 0.3) is 11.1 Å². The molecule has 0 aliphatic heterocycles. The van der Waals surface area contributed by atoms with Gasteiger partial charge in [-0.1, -0.05) is 13.3 Å². The van der Waals surface area contributed by atoms with E-state index in [0.717, 1.165) is 29.7 Å². The minimum atomic E-state index is -0.413. The van der Waals surface area contributed by atoms with Gasteiger partial charge in [0, 0.05) is 24.7 Å². The highest BCUT2D eigenvalue weighted by Gasteiger charge is 2.16. The van der Waals surface area contributed by atoms with Gasteiger partial charge in [-0.2, -0.15) is 5.10 Å². The summed E-state index contributed by atoms with van der Waals surface area (Å²) in [6.45, 7) is 2.07. The largest absolute Gasteiger partial charge is 0.383 e. The molecule has 0 aliphatic rings. The molecule has 0 aliphatic carbocycles. The summed E-state index contributed by atoms with van der Waals surface area (Å²) in [5.74, 6) is 0.581. The van der Waals surface area contributed by atoms with E-state index >= 15 is 0 Å². The molecule has 1 aromatic carbocycles. The highest BCUT2D eigenvalue weighted by molar-refractivity contribution is 5.77. The number of benzene rings is 1. The van der Waals surface area contributed by atoms with E-state index in [1.807, 2.05) is 0 Å². The number of anilines is 1. The predicted octanol–water partition coefficient (Wildman–Crippen LogP) is 2.53. The Kier molecular flexibility index (Phi) is 3.50. The Morgan fingerprint density at radius 3 is 2.53 bits per heavy atom. The van der Waals surface area contributed by atoms with Gasteiger partial charge in [-0.15, -0.1) is 0 Å². The van der Waals surface area contributed by atoms with Crippen LogP contribution in [0.1, 0.15) is 19.0 Å². The van der Waals surface area contributed by atoms with Gasteiger partial charge in [-0.25, -0.2) is 0 Å². The third-order valence-electron chi connectivity index (χ3n) is 3.02.